The number of aliphatic carboxylic acids is 1. The number of carbonyl (C=O) groups is 1. The van der Waals surface area contributed by atoms with Crippen molar-refractivity contribution in [1.82, 2.24) is 0 Å². The van der Waals surface area contributed by atoms with Crippen molar-refractivity contribution < 1.29 is 31.1 Å². The van der Waals surface area contributed by atoms with E-state index < -0.39 is 5.97 Å². The van der Waals surface area contributed by atoms with Crippen LogP contribution in [0, 0.1) is 7.14 Å². The predicted molar refractivity (Wildman–Crippen MR) is 66.2 cm³/mol. The smallest absolute Gasteiger partial charge is 0.357 e. The summed E-state index contributed by atoms with van der Waals surface area (Å²) in [6.07, 6.45) is 0.812. The highest BCUT2D eigenvalue weighted by Gasteiger charge is 2.14. The molecular formula is C15H14IO2+. The van der Waals surface area contributed by atoms with E-state index in [2.05, 4.69) is 36.4 Å². The first-order chi connectivity index (χ1) is 8.74. The molecule has 0 unspecified atom stereocenters. The molecule has 92 valence electrons. The maximum atomic E-state index is 10.5. The number of rotatable bonds is 5. The largest absolute Gasteiger partial charge is 0.481 e. The summed E-state index contributed by atoms with van der Waals surface area (Å²) in [4.78, 5) is 10.5. The van der Waals surface area contributed by atoms with E-state index in [4.69, 9.17) is 5.11 Å². The average molecular weight is 353 g/mol. The van der Waals surface area contributed by atoms with Crippen LogP contribution in [0.25, 0.3) is 0 Å². The van der Waals surface area contributed by atoms with Crippen LogP contribution in [0.2, 0.25) is 0 Å². The Bertz CT molecular complexity index is 506. The van der Waals surface area contributed by atoms with Crippen LogP contribution in [0.1, 0.15) is 12.0 Å². The lowest BCUT2D eigenvalue weighted by Gasteiger charge is -1.96. The molecule has 0 aliphatic heterocycles. The standard InChI is InChI=1S/C15H13IO2/c17-15(18)11-8-12-6-9-14(10-7-12)16-13-4-2-1-3-5-13/h1-7,9-10H,8,11H2/p+1. The van der Waals surface area contributed by atoms with Crippen LogP contribution < -0.4 is 21.2 Å². The van der Waals surface area contributed by atoms with Gasteiger partial charge in [-0.25, -0.2) is 0 Å². The topological polar surface area (TPSA) is 37.3 Å². The molecule has 0 spiro atoms. The van der Waals surface area contributed by atoms with E-state index in [9.17, 15) is 4.79 Å². The molecule has 0 radical (unpaired) electrons. The second kappa shape index (κ2) is 6.54. The van der Waals surface area contributed by atoms with Gasteiger partial charge in [0.2, 0.25) is 0 Å². The van der Waals surface area contributed by atoms with Crippen LogP contribution in [0.15, 0.2) is 54.6 Å². The minimum atomic E-state index is -0.740. The zero-order valence-electron chi connectivity index (χ0n) is 9.84. The fraction of sp³-hybridized carbons (Fsp3) is 0.133. The van der Waals surface area contributed by atoms with Gasteiger partial charge in [0.15, 0.2) is 7.14 Å². The molecule has 2 nitrogen and oxygen atoms in total. The molecule has 3 heteroatoms. The van der Waals surface area contributed by atoms with E-state index in [1.54, 1.807) is 0 Å². The first-order valence-electron chi connectivity index (χ1n) is 5.74. The van der Waals surface area contributed by atoms with Crippen molar-refractivity contribution in [1.29, 1.82) is 0 Å². The van der Waals surface area contributed by atoms with Gasteiger partial charge in [0.1, 0.15) is 0 Å². The zero-order chi connectivity index (χ0) is 12.8. The van der Waals surface area contributed by atoms with Crippen LogP contribution >= 0.6 is 0 Å². The van der Waals surface area contributed by atoms with Crippen LogP contribution in [0.3, 0.4) is 0 Å². The van der Waals surface area contributed by atoms with E-state index in [1.807, 2.05) is 18.2 Å². The summed E-state index contributed by atoms with van der Waals surface area (Å²) in [7, 11) is 0. The van der Waals surface area contributed by atoms with Gasteiger partial charge in [-0.05, 0) is 36.2 Å². The summed E-state index contributed by atoms with van der Waals surface area (Å²) in [5.41, 5.74) is 1.10. The molecule has 0 heterocycles. The molecule has 0 bridgehead atoms. The van der Waals surface area contributed by atoms with Gasteiger partial charge in [-0.3, -0.25) is 4.79 Å². The third kappa shape index (κ3) is 4.14. The maximum Gasteiger partial charge on any atom is 0.357 e. The third-order valence-electron chi connectivity index (χ3n) is 2.49. The lowest BCUT2D eigenvalue weighted by atomic mass is 10.1. The van der Waals surface area contributed by atoms with Gasteiger partial charge in [0.25, 0.3) is 0 Å². The van der Waals surface area contributed by atoms with Gasteiger partial charge in [-0.15, -0.1) is 0 Å². The lowest BCUT2D eigenvalue weighted by molar-refractivity contribution is -0.597. The molecule has 0 amide bonds. The number of carboxylic acid groups (broad SMARTS) is 1. The molecule has 0 aliphatic rings. The van der Waals surface area contributed by atoms with E-state index in [0.29, 0.717) is 6.42 Å². The number of hydrogen-bond acceptors (Lipinski definition) is 1. The molecule has 18 heavy (non-hydrogen) atoms. The molecule has 0 saturated carbocycles. The maximum absolute atomic E-state index is 10.5. The van der Waals surface area contributed by atoms with Crippen molar-refractivity contribution >= 4 is 5.97 Å². The Balaban J connectivity index is 1.97. The van der Waals surface area contributed by atoms with Crippen molar-refractivity contribution in [3.63, 3.8) is 0 Å². The number of halogens is 1. The first-order valence-corrected chi connectivity index (χ1v) is 7.90. The Morgan fingerprint density at radius 2 is 1.56 bits per heavy atom. The molecule has 0 aliphatic carbocycles. The van der Waals surface area contributed by atoms with Crippen molar-refractivity contribution in [3.05, 3.63) is 67.3 Å². The summed E-state index contributed by atoms with van der Waals surface area (Å²) >= 11 is -0.123. The van der Waals surface area contributed by atoms with Crippen LogP contribution in [0.5, 0.6) is 0 Å². The highest BCUT2D eigenvalue weighted by Crippen LogP contribution is 2.02. The number of benzene rings is 2. The van der Waals surface area contributed by atoms with Gasteiger partial charge < -0.3 is 5.11 Å². The first kappa shape index (κ1) is 13.1. The summed E-state index contributed by atoms with van der Waals surface area (Å²) in [6.45, 7) is 0. The fourth-order valence-corrected chi connectivity index (χ4v) is 3.78. The van der Waals surface area contributed by atoms with Crippen LogP contribution in [-0.4, -0.2) is 11.1 Å². The highest BCUT2D eigenvalue weighted by molar-refractivity contribution is 5.67. The molecule has 0 aromatic heterocycles. The molecule has 0 fully saturated rings. The van der Waals surface area contributed by atoms with Crippen molar-refractivity contribution in [2.75, 3.05) is 0 Å². The normalized spacial score (nSPS) is 10.2. The monoisotopic (exact) mass is 353 g/mol. The van der Waals surface area contributed by atoms with Crippen LogP contribution in [0.4, 0.5) is 0 Å². The summed E-state index contributed by atoms with van der Waals surface area (Å²) in [5, 5.41) is 8.63. The van der Waals surface area contributed by atoms with Crippen molar-refractivity contribution in [2.24, 2.45) is 0 Å². The SMILES string of the molecule is O=C(O)CCc1ccc([I+]c2ccccc2)cc1. The number of aryl methyl sites for hydroxylation is 1. The fourth-order valence-electron chi connectivity index (χ4n) is 1.57. The summed E-state index contributed by atoms with van der Waals surface area (Å²) < 4.78 is 2.76. The Morgan fingerprint density at radius 3 is 2.17 bits per heavy atom. The second-order valence-corrected chi connectivity index (χ2v) is 6.94. The van der Waals surface area contributed by atoms with Gasteiger partial charge >= 0.3 is 27.2 Å². The summed E-state index contributed by atoms with van der Waals surface area (Å²) in [5.74, 6) is -0.740. The van der Waals surface area contributed by atoms with E-state index in [0.717, 1.165) is 5.56 Å². The molecule has 0 saturated heterocycles. The van der Waals surface area contributed by atoms with Crippen LogP contribution in [-0.2, 0) is 11.2 Å². The minimum Gasteiger partial charge on any atom is -0.481 e. The second-order valence-electron chi connectivity index (χ2n) is 3.91. The molecule has 2 aromatic carbocycles. The van der Waals surface area contributed by atoms with Gasteiger partial charge in [-0.1, -0.05) is 30.3 Å². The minimum absolute atomic E-state index is 0.123. The van der Waals surface area contributed by atoms with Crippen molar-refractivity contribution in [2.45, 2.75) is 12.8 Å². The van der Waals surface area contributed by atoms with E-state index in [-0.39, 0.29) is 27.6 Å². The van der Waals surface area contributed by atoms with Gasteiger partial charge in [-0.2, -0.15) is 0 Å². The van der Waals surface area contributed by atoms with Gasteiger partial charge in [0.05, 0.1) is 0 Å². The zero-order valence-corrected chi connectivity index (χ0v) is 12.0. The predicted octanol–water partition coefficient (Wildman–Crippen LogP) is -0.168. The van der Waals surface area contributed by atoms with Crippen molar-refractivity contribution in [3.8, 4) is 0 Å². The van der Waals surface area contributed by atoms with E-state index in [1.165, 1.54) is 7.14 Å². The molecule has 1 N–H and O–H groups in total. The highest BCUT2D eigenvalue weighted by atomic mass is 127. The molecule has 0 atom stereocenters. The third-order valence-corrected chi connectivity index (χ3v) is 5.18. The lowest BCUT2D eigenvalue weighted by Crippen LogP contribution is -3.61. The number of carboxylic acids is 1. The Morgan fingerprint density at radius 1 is 0.944 bits per heavy atom. The van der Waals surface area contributed by atoms with Gasteiger partial charge in [0, 0.05) is 6.42 Å². The molecule has 2 aromatic rings. The Labute approximate surface area is 117 Å². The quantitative estimate of drug-likeness (QED) is 0.759. The average Bonchev–Trinajstić information content (AvgIpc) is 2.39. The molecule has 2 rings (SSSR count). The Hall–Kier alpha value is -1.36. The summed E-state index contributed by atoms with van der Waals surface area (Å²) in [6, 6.07) is 18.8. The Kier molecular flexibility index (Phi) is 4.75. The molecular weight excluding hydrogens is 339 g/mol. The number of hydrogen-bond donors (Lipinski definition) is 1. The van der Waals surface area contributed by atoms with E-state index >= 15 is 0 Å².